The standard InChI is InChI=1S/C15H21BrN2O/c16-14-9-12(15-10-17-5-8-19-15)3-4-13(14)11-18-6-1-2-7-18/h3-4,9,15,17H,1-2,5-8,10-11H2. The normalized spacial score (nSPS) is 24.8. The molecule has 1 atom stereocenters. The Morgan fingerprint density at radius 3 is 2.84 bits per heavy atom. The fourth-order valence-electron chi connectivity index (χ4n) is 2.85. The van der Waals surface area contributed by atoms with Crippen LogP contribution >= 0.6 is 15.9 Å². The Morgan fingerprint density at radius 1 is 1.32 bits per heavy atom. The summed E-state index contributed by atoms with van der Waals surface area (Å²) in [6.45, 7) is 6.22. The number of hydrogen-bond acceptors (Lipinski definition) is 3. The summed E-state index contributed by atoms with van der Waals surface area (Å²) in [5.74, 6) is 0. The highest BCUT2D eigenvalue weighted by Gasteiger charge is 2.18. The van der Waals surface area contributed by atoms with E-state index in [9.17, 15) is 0 Å². The van der Waals surface area contributed by atoms with Gasteiger partial charge in [-0.25, -0.2) is 0 Å². The summed E-state index contributed by atoms with van der Waals surface area (Å²) in [4.78, 5) is 2.53. The van der Waals surface area contributed by atoms with E-state index < -0.39 is 0 Å². The quantitative estimate of drug-likeness (QED) is 0.925. The Labute approximate surface area is 123 Å². The third-order valence-corrected chi connectivity index (χ3v) is 4.71. The highest BCUT2D eigenvalue weighted by molar-refractivity contribution is 9.10. The molecule has 0 aliphatic carbocycles. The smallest absolute Gasteiger partial charge is 0.0950 e. The first-order chi connectivity index (χ1) is 9.33. The summed E-state index contributed by atoms with van der Waals surface area (Å²) in [5.41, 5.74) is 2.65. The highest BCUT2D eigenvalue weighted by atomic mass is 79.9. The fourth-order valence-corrected chi connectivity index (χ4v) is 3.38. The maximum absolute atomic E-state index is 5.80. The molecule has 0 saturated carbocycles. The third kappa shape index (κ3) is 3.37. The molecule has 3 rings (SSSR count). The van der Waals surface area contributed by atoms with Gasteiger partial charge in [0.25, 0.3) is 0 Å². The summed E-state index contributed by atoms with van der Waals surface area (Å²) >= 11 is 3.72. The Bertz CT molecular complexity index is 426. The molecule has 1 N–H and O–H groups in total. The van der Waals surface area contributed by atoms with Crippen molar-refractivity contribution in [3.8, 4) is 0 Å². The van der Waals surface area contributed by atoms with Crippen LogP contribution in [0.3, 0.4) is 0 Å². The van der Waals surface area contributed by atoms with Crippen LogP contribution in [0.5, 0.6) is 0 Å². The lowest BCUT2D eigenvalue weighted by molar-refractivity contribution is 0.0276. The third-order valence-electron chi connectivity index (χ3n) is 3.97. The number of nitrogens with one attached hydrogen (secondary N) is 1. The van der Waals surface area contributed by atoms with Crippen LogP contribution in [0.1, 0.15) is 30.1 Å². The first kappa shape index (κ1) is 13.6. The van der Waals surface area contributed by atoms with E-state index in [2.05, 4.69) is 44.3 Å². The maximum Gasteiger partial charge on any atom is 0.0950 e. The molecule has 0 aromatic heterocycles. The van der Waals surface area contributed by atoms with Gasteiger partial charge in [0, 0.05) is 24.1 Å². The number of likely N-dealkylation sites (tertiary alicyclic amines) is 1. The van der Waals surface area contributed by atoms with Crippen LogP contribution in [0.2, 0.25) is 0 Å². The number of hydrogen-bond donors (Lipinski definition) is 1. The van der Waals surface area contributed by atoms with E-state index in [1.54, 1.807) is 0 Å². The zero-order chi connectivity index (χ0) is 13.1. The first-order valence-electron chi connectivity index (χ1n) is 7.16. The number of rotatable bonds is 3. The van der Waals surface area contributed by atoms with Gasteiger partial charge in [0.05, 0.1) is 12.7 Å². The Kier molecular flexibility index (Phi) is 4.53. The summed E-state index contributed by atoms with van der Waals surface area (Å²) in [6, 6.07) is 6.69. The summed E-state index contributed by atoms with van der Waals surface area (Å²) in [7, 11) is 0. The lowest BCUT2D eigenvalue weighted by Gasteiger charge is -2.24. The van der Waals surface area contributed by atoms with Gasteiger partial charge in [-0.3, -0.25) is 4.90 Å². The van der Waals surface area contributed by atoms with Crippen LogP contribution in [0.4, 0.5) is 0 Å². The van der Waals surface area contributed by atoms with Gasteiger partial charge >= 0.3 is 0 Å². The topological polar surface area (TPSA) is 24.5 Å². The zero-order valence-electron chi connectivity index (χ0n) is 11.2. The molecule has 0 amide bonds. The molecule has 4 heteroatoms. The average Bonchev–Trinajstić information content (AvgIpc) is 2.95. The lowest BCUT2D eigenvalue weighted by atomic mass is 10.1. The summed E-state index contributed by atoms with van der Waals surface area (Å²) in [5, 5.41) is 3.38. The van der Waals surface area contributed by atoms with Gasteiger partial charge in [-0.1, -0.05) is 28.1 Å². The molecule has 2 saturated heterocycles. The predicted octanol–water partition coefficient (Wildman–Crippen LogP) is 2.71. The van der Waals surface area contributed by atoms with Crippen molar-refractivity contribution in [1.82, 2.24) is 10.2 Å². The molecule has 2 heterocycles. The molecule has 3 nitrogen and oxygen atoms in total. The molecular weight excluding hydrogens is 304 g/mol. The van der Waals surface area contributed by atoms with Gasteiger partial charge in [-0.05, 0) is 43.1 Å². The van der Waals surface area contributed by atoms with Gasteiger partial charge in [0.1, 0.15) is 0 Å². The minimum absolute atomic E-state index is 0.200. The number of ether oxygens (including phenoxy) is 1. The van der Waals surface area contributed by atoms with Crippen molar-refractivity contribution in [2.45, 2.75) is 25.5 Å². The van der Waals surface area contributed by atoms with E-state index in [-0.39, 0.29) is 6.10 Å². The SMILES string of the molecule is Brc1cc(C2CNCCO2)ccc1CN1CCCC1. The molecule has 0 spiro atoms. The van der Waals surface area contributed by atoms with E-state index in [0.29, 0.717) is 0 Å². The van der Waals surface area contributed by atoms with Crippen molar-refractivity contribution >= 4 is 15.9 Å². The number of benzene rings is 1. The van der Waals surface area contributed by atoms with E-state index in [0.717, 1.165) is 26.2 Å². The minimum atomic E-state index is 0.200. The minimum Gasteiger partial charge on any atom is -0.371 e. The summed E-state index contributed by atoms with van der Waals surface area (Å²) in [6.07, 6.45) is 2.89. The molecule has 104 valence electrons. The predicted molar refractivity (Wildman–Crippen MR) is 80.2 cm³/mol. The van der Waals surface area contributed by atoms with Gasteiger partial charge in [0.2, 0.25) is 0 Å². The molecule has 19 heavy (non-hydrogen) atoms. The molecule has 2 aliphatic heterocycles. The van der Waals surface area contributed by atoms with Crippen LogP contribution in [0, 0.1) is 0 Å². The van der Waals surface area contributed by atoms with Gasteiger partial charge < -0.3 is 10.1 Å². The van der Waals surface area contributed by atoms with Crippen molar-refractivity contribution in [1.29, 1.82) is 0 Å². The van der Waals surface area contributed by atoms with Crippen molar-refractivity contribution in [3.05, 3.63) is 33.8 Å². The Morgan fingerprint density at radius 2 is 2.16 bits per heavy atom. The molecule has 2 aliphatic rings. The zero-order valence-corrected chi connectivity index (χ0v) is 12.8. The van der Waals surface area contributed by atoms with Gasteiger partial charge in [-0.15, -0.1) is 0 Å². The van der Waals surface area contributed by atoms with Gasteiger partial charge in [0.15, 0.2) is 0 Å². The van der Waals surface area contributed by atoms with E-state index in [1.807, 2.05) is 0 Å². The first-order valence-corrected chi connectivity index (χ1v) is 7.95. The van der Waals surface area contributed by atoms with Crippen LogP contribution in [-0.4, -0.2) is 37.7 Å². The maximum atomic E-state index is 5.80. The van der Waals surface area contributed by atoms with Crippen molar-refractivity contribution in [2.75, 3.05) is 32.8 Å². The number of nitrogens with zero attached hydrogens (tertiary/aromatic N) is 1. The lowest BCUT2D eigenvalue weighted by Crippen LogP contribution is -2.33. The highest BCUT2D eigenvalue weighted by Crippen LogP contribution is 2.26. The number of morpholine rings is 1. The average molecular weight is 325 g/mol. The second-order valence-corrected chi connectivity index (χ2v) is 6.25. The second kappa shape index (κ2) is 6.35. The Hall–Kier alpha value is -0.420. The molecule has 1 aromatic rings. The molecule has 1 aromatic carbocycles. The van der Waals surface area contributed by atoms with E-state index in [1.165, 1.54) is 41.5 Å². The molecule has 0 radical (unpaired) electrons. The van der Waals surface area contributed by atoms with Crippen LogP contribution in [-0.2, 0) is 11.3 Å². The van der Waals surface area contributed by atoms with Crippen LogP contribution in [0.15, 0.2) is 22.7 Å². The van der Waals surface area contributed by atoms with Crippen LogP contribution < -0.4 is 5.32 Å². The molecular formula is C15H21BrN2O. The monoisotopic (exact) mass is 324 g/mol. The molecule has 0 bridgehead atoms. The van der Waals surface area contributed by atoms with Crippen molar-refractivity contribution in [3.63, 3.8) is 0 Å². The van der Waals surface area contributed by atoms with Crippen molar-refractivity contribution < 1.29 is 4.74 Å². The van der Waals surface area contributed by atoms with Crippen LogP contribution in [0.25, 0.3) is 0 Å². The fraction of sp³-hybridized carbons (Fsp3) is 0.600. The molecule has 1 unspecified atom stereocenters. The van der Waals surface area contributed by atoms with Gasteiger partial charge in [-0.2, -0.15) is 0 Å². The molecule has 2 fully saturated rings. The van der Waals surface area contributed by atoms with Crippen molar-refractivity contribution in [2.24, 2.45) is 0 Å². The summed E-state index contributed by atoms with van der Waals surface area (Å²) < 4.78 is 7.01. The largest absolute Gasteiger partial charge is 0.371 e. The van der Waals surface area contributed by atoms with E-state index >= 15 is 0 Å². The number of halogens is 1. The van der Waals surface area contributed by atoms with E-state index in [4.69, 9.17) is 4.74 Å². The second-order valence-electron chi connectivity index (χ2n) is 5.40. The Balaban J connectivity index is 1.69.